The Kier molecular flexibility index (Phi) is 4.45. The van der Waals surface area contributed by atoms with Crippen molar-refractivity contribution in [2.45, 2.75) is 6.92 Å². The van der Waals surface area contributed by atoms with Gasteiger partial charge in [-0.25, -0.2) is 0 Å². The predicted molar refractivity (Wildman–Crippen MR) is 109 cm³/mol. The van der Waals surface area contributed by atoms with E-state index in [2.05, 4.69) is 0 Å². The molecule has 2 aromatic heterocycles. The number of rotatable bonds is 4. The molecule has 138 valence electrons. The molecule has 28 heavy (non-hydrogen) atoms. The number of benzene rings is 2. The average Bonchev–Trinajstić information content (AvgIpc) is 3.07. The summed E-state index contributed by atoms with van der Waals surface area (Å²) in [6.07, 6.45) is 1.83. The number of aryl methyl sites for hydroxylation is 1. The van der Waals surface area contributed by atoms with E-state index in [1.807, 2.05) is 47.0 Å². The Morgan fingerprint density at radius 3 is 2.46 bits per heavy atom. The molecule has 0 spiro atoms. The highest BCUT2D eigenvalue weighted by Crippen LogP contribution is 2.31. The van der Waals surface area contributed by atoms with E-state index in [0.29, 0.717) is 21.8 Å². The van der Waals surface area contributed by atoms with Crippen molar-refractivity contribution < 1.29 is 9.72 Å². The van der Waals surface area contributed by atoms with Gasteiger partial charge in [-0.3, -0.25) is 14.9 Å². The van der Waals surface area contributed by atoms with Crippen molar-refractivity contribution in [2.75, 3.05) is 0 Å². The number of nitro groups is 1. The van der Waals surface area contributed by atoms with Crippen LogP contribution < -0.4 is 0 Å². The molecule has 4 rings (SSSR count). The lowest BCUT2D eigenvalue weighted by Gasteiger charge is -2.08. The molecule has 2 heterocycles. The maximum absolute atomic E-state index is 13.4. The van der Waals surface area contributed by atoms with Crippen LogP contribution >= 0.6 is 11.6 Å². The van der Waals surface area contributed by atoms with Gasteiger partial charge in [-0.2, -0.15) is 0 Å². The fourth-order valence-corrected chi connectivity index (χ4v) is 3.47. The van der Waals surface area contributed by atoms with Gasteiger partial charge in [0.05, 0.1) is 4.92 Å². The first kappa shape index (κ1) is 17.9. The number of halogens is 1. The molecule has 0 saturated heterocycles. The van der Waals surface area contributed by atoms with E-state index in [1.165, 1.54) is 12.1 Å². The van der Waals surface area contributed by atoms with E-state index in [4.69, 9.17) is 11.6 Å². The van der Waals surface area contributed by atoms with Gasteiger partial charge in [-0.05, 0) is 55.0 Å². The van der Waals surface area contributed by atoms with Crippen molar-refractivity contribution in [1.29, 1.82) is 0 Å². The number of aromatic nitrogens is 1. The summed E-state index contributed by atoms with van der Waals surface area (Å²) < 4.78 is 1.84. The van der Waals surface area contributed by atoms with Gasteiger partial charge in [0.15, 0.2) is 0 Å². The molecule has 0 saturated carbocycles. The molecule has 5 nitrogen and oxygen atoms in total. The van der Waals surface area contributed by atoms with Crippen molar-refractivity contribution in [2.24, 2.45) is 0 Å². The Balaban J connectivity index is 1.91. The zero-order valence-corrected chi connectivity index (χ0v) is 15.7. The van der Waals surface area contributed by atoms with Crippen molar-refractivity contribution >= 4 is 28.6 Å². The van der Waals surface area contributed by atoms with Crippen molar-refractivity contribution in [3.05, 3.63) is 105 Å². The van der Waals surface area contributed by atoms with Gasteiger partial charge in [0.2, 0.25) is 5.78 Å². The molecule has 0 aliphatic carbocycles. The third-order valence-corrected chi connectivity index (χ3v) is 4.96. The SMILES string of the molecule is Cc1cc(C(=O)c2c(-c3ccc(Cl)cc3)cc3ccccn23)ccc1[N+](=O)[O-]. The third kappa shape index (κ3) is 3.06. The van der Waals surface area contributed by atoms with Crippen LogP contribution in [0.1, 0.15) is 21.6 Å². The van der Waals surface area contributed by atoms with E-state index in [-0.39, 0.29) is 11.5 Å². The molecular weight excluding hydrogens is 376 g/mol. The van der Waals surface area contributed by atoms with Crippen LogP contribution in [-0.2, 0) is 0 Å². The first-order chi connectivity index (χ1) is 13.5. The highest BCUT2D eigenvalue weighted by Gasteiger charge is 2.22. The minimum Gasteiger partial charge on any atom is -0.313 e. The fraction of sp³-hybridized carbons (Fsp3) is 0.0455. The Morgan fingerprint density at radius 1 is 1.04 bits per heavy atom. The maximum atomic E-state index is 13.4. The average molecular weight is 391 g/mol. The Labute approximate surface area is 166 Å². The second-order valence-electron chi connectivity index (χ2n) is 6.50. The number of nitro benzene ring substituents is 1. The monoisotopic (exact) mass is 390 g/mol. The smallest absolute Gasteiger partial charge is 0.272 e. The van der Waals surface area contributed by atoms with Crippen LogP contribution in [0.5, 0.6) is 0 Å². The number of carbonyl (C=O) groups excluding carboxylic acids is 1. The summed E-state index contributed by atoms with van der Waals surface area (Å²) in [6.45, 7) is 1.63. The largest absolute Gasteiger partial charge is 0.313 e. The van der Waals surface area contributed by atoms with Crippen LogP contribution in [0.3, 0.4) is 0 Å². The van der Waals surface area contributed by atoms with Crippen molar-refractivity contribution in [3.8, 4) is 11.1 Å². The van der Waals surface area contributed by atoms with Gasteiger partial charge in [0, 0.05) is 39.5 Å². The first-order valence-corrected chi connectivity index (χ1v) is 8.99. The van der Waals surface area contributed by atoms with Crippen LogP contribution in [0.4, 0.5) is 5.69 Å². The zero-order chi connectivity index (χ0) is 19.8. The topological polar surface area (TPSA) is 64.6 Å². The molecule has 0 aliphatic heterocycles. The minimum atomic E-state index is -0.449. The number of carbonyl (C=O) groups is 1. The summed E-state index contributed by atoms with van der Waals surface area (Å²) in [7, 11) is 0. The van der Waals surface area contributed by atoms with Gasteiger partial charge in [-0.15, -0.1) is 0 Å². The summed E-state index contributed by atoms with van der Waals surface area (Å²) in [4.78, 5) is 24.0. The molecule has 0 atom stereocenters. The zero-order valence-electron chi connectivity index (χ0n) is 14.9. The highest BCUT2D eigenvalue weighted by atomic mass is 35.5. The Bertz CT molecular complexity index is 1230. The molecule has 0 aliphatic rings. The summed E-state index contributed by atoms with van der Waals surface area (Å²) in [6, 6.07) is 19.4. The van der Waals surface area contributed by atoms with Crippen LogP contribution in [0, 0.1) is 17.0 Å². The highest BCUT2D eigenvalue weighted by molar-refractivity contribution is 6.30. The minimum absolute atomic E-state index is 0.00510. The quantitative estimate of drug-likeness (QED) is 0.255. The summed E-state index contributed by atoms with van der Waals surface area (Å²) in [5.41, 5.74) is 3.89. The van der Waals surface area contributed by atoms with Gasteiger partial charge in [-0.1, -0.05) is 29.8 Å². The molecular formula is C22H15ClN2O3. The predicted octanol–water partition coefficient (Wildman–Crippen LogP) is 5.71. The number of hydrogen-bond donors (Lipinski definition) is 0. The van der Waals surface area contributed by atoms with Crippen LogP contribution in [0.2, 0.25) is 5.02 Å². The van der Waals surface area contributed by atoms with Crippen molar-refractivity contribution in [1.82, 2.24) is 4.40 Å². The van der Waals surface area contributed by atoms with Gasteiger partial charge in [0.25, 0.3) is 5.69 Å². The molecule has 0 unspecified atom stereocenters. The molecule has 0 fully saturated rings. The lowest BCUT2D eigenvalue weighted by atomic mass is 9.99. The van der Waals surface area contributed by atoms with E-state index in [1.54, 1.807) is 25.1 Å². The first-order valence-electron chi connectivity index (χ1n) is 8.61. The molecule has 4 aromatic rings. The molecule has 6 heteroatoms. The number of pyridine rings is 1. The lowest BCUT2D eigenvalue weighted by Crippen LogP contribution is -2.07. The number of ketones is 1. The molecule has 0 amide bonds. The lowest BCUT2D eigenvalue weighted by molar-refractivity contribution is -0.385. The van der Waals surface area contributed by atoms with Crippen LogP contribution in [0.15, 0.2) is 72.9 Å². The summed E-state index contributed by atoms with van der Waals surface area (Å²) in [5.74, 6) is -0.200. The number of nitrogens with zero attached hydrogens (tertiary/aromatic N) is 2. The normalized spacial score (nSPS) is 10.9. The number of hydrogen-bond acceptors (Lipinski definition) is 3. The molecule has 0 N–H and O–H groups in total. The summed E-state index contributed by atoms with van der Waals surface area (Å²) in [5, 5.41) is 11.7. The van der Waals surface area contributed by atoms with Gasteiger partial charge in [0.1, 0.15) is 5.69 Å². The van der Waals surface area contributed by atoms with Gasteiger partial charge >= 0.3 is 0 Å². The molecule has 0 radical (unpaired) electrons. The van der Waals surface area contributed by atoms with Crippen LogP contribution in [0.25, 0.3) is 16.6 Å². The number of fused-ring (bicyclic) bond motifs is 1. The summed E-state index contributed by atoms with van der Waals surface area (Å²) >= 11 is 6.01. The fourth-order valence-electron chi connectivity index (χ4n) is 3.34. The molecule has 0 bridgehead atoms. The van der Waals surface area contributed by atoms with Crippen molar-refractivity contribution in [3.63, 3.8) is 0 Å². The third-order valence-electron chi connectivity index (χ3n) is 4.71. The van der Waals surface area contributed by atoms with E-state index in [0.717, 1.165) is 16.6 Å². The van der Waals surface area contributed by atoms with E-state index in [9.17, 15) is 14.9 Å². The van der Waals surface area contributed by atoms with E-state index >= 15 is 0 Å². The Hall–Kier alpha value is -3.44. The molecule has 2 aromatic carbocycles. The second kappa shape index (κ2) is 6.94. The van der Waals surface area contributed by atoms with E-state index < -0.39 is 4.92 Å². The van der Waals surface area contributed by atoms with Crippen LogP contribution in [-0.4, -0.2) is 15.1 Å². The van der Waals surface area contributed by atoms with Gasteiger partial charge < -0.3 is 4.40 Å². The second-order valence-corrected chi connectivity index (χ2v) is 6.93. The Morgan fingerprint density at radius 2 is 1.79 bits per heavy atom. The standard InChI is InChI=1S/C22H15ClN2O3/c1-14-12-16(7-10-20(14)25(27)28)22(26)21-19(15-5-8-17(23)9-6-15)13-18-4-2-3-11-24(18)21/h2-13H,1H3. The maximum Gasteiger partial charge on any atom is 0.272 e.